The van der Waals surface area contributed by atoms with E-state index in [-0.39, 0.29) is 0 Å². The molecule has 0 saturated carbocycles. The lowest BCUT2D eigenvalue weighted by Crippen LogP contribution is -1.91. The molecule has 3 nitrogen and oxygen atoms in total. The summed E-state index contributed by atoms with van der Waals surface area (Å²) >= 11 is 1.62. The summed E-state index contributed by atoms with van der Waals surface area (Å²) in [5.41, 5.74) is 2.77. The minimum absolute atomic E-state index is 0.596. The van der Waals surface area contributed by atoms with Crippen LogP contribution in [0.2, 0.25) is 0 Å². The number of ether oxygens (including phenoxy) is 1. The van der Waals surface area contributed by atoms with Crippen molar-refractivity contribution < 1.29 is 4.74 Å². The second-order valence-corrected chi connectivity index (χ2v) is 4.80. The van der Waals surface area contributed by atoms with E-state index in [4.69, 9.17) is 4.74 Å². The zero-order valence-electron chi connectivity index (χ0n) is 11.2. The fourth-order valence-corrected chi connectivity index (χ4v) is 1.47. The third kappa shape index (κ3) is 4.37. The summed E-state index contributed by atoms with van der Waals surface area (Å²) in [5.74, 6) is 0.596. The summed E-state index contributed by atoms with van der Waals surface area (Å²) < 4.78 is 5.04. The Morgan fingerprint density at radius 3 is 2.61 bits per heavy atom. The van der Waals surface area contributed by atoms with Crippen LogP contribution in [0.3, 0.4) is 0 Å². The second kappa shape index (κ2) is 7.01. The van der Waals surface area contributed by atoms with Gasteiger partial charge in [-0.1, -0.05) is 12.2 Å². The van der Waals surface area contributed by atoms with Crippen LogP contribution < -0.4 is 4.74 Å². The van der Waals surface area contributed by atoms with Gasteiger partial charge in [-0.2, -0.15) is 0 Å². The monoisotopic (exact) mass is 262 g/mol. The van der Waals surface area contributed by atoms with E-state index in [1.807, 2.05) is 38.3 Å². The third-order valence-electron chi connectivity index (χ3n) is 2.20. The maximum atomic E-state index is 5.04. The number of rotatable bonds is 4. The van der Waals surface area contributed by atoms with E-state index in [1.54, 1.807) is 25.1 Å². The average molecular weight is 262 g/mol. The van der Waals surface area contributed by atoms with Gasteiger partial charge in [0.2, 0.25) is 5.88 Å². The molecule has 0 N–H and O–H groups in total. The van der Waals surface area contributed by atoms with Crippen molar-refractivity contribution in [2.45, 2.75) is 13.8 Å². The predicted molar refractivity (Wildman–Crippen MR) is 80.2 cm³/mol. The van der Waals surface area contributed by atoms with Crippen molar-refractivity contribution in [2.75, 3.05) is 13.4 Å². The van der Waals surface area contributed by atoms with Crippen LogP contribution >= 0.6 is 11.8 Å². The van der Waals surface area contributed by atoms with Gasteiger partial charge >= 0.3 is 0 Å². The van der Waals surface area contributed by atoms with Crippen molar-refractivity contribution in [1.29, 1.82) is 0 Å². The van der Waals surface area contributed by atoms with Crippen molar-refractivity contribution in [3.63, 3.8) is 0 Å². The maximum Gasteiger partial charge on any atom is 0.212 e. The number of allylic oxidation sites excluding steroid dienone is 2. The lowest BCUT2D eigenvalue weighted by Gasteiger charge is -2.05. The topological polar surface area (TPSA) is 34.5 Å². The molecular formula is C14H18N2OS. The zero-order chi connectivity index (χ0) is 13.5. The quantitative estimate of drug-likeness (QED) is 0.470. The van der Waals surface area contributed by atoms with Crippen LogP contribution in [0.15, 0.2) is 41.6 Å². The number of hydrogen-bond acceptors (Lipinski definition) is 4. The molecular weight excluding hydrogens is 244 g/mol. The fraction of sp³-hybridized carbons (Fsp3) is 0.286. The molecule has 4 heteroatoms. The van der Waals surface area contributed by atoms with E-state index in [2.05, 4.69) is 16.6 Å². The molecule has 0 aliphatic carbocycles. The maximum absolute atomic E-state index is 5.04. The van der Waals surface area contributed by atoms with Crippen molar-refractivity contribution in [1.82, 2.24) is 4.98 Å². The summed E-state index contributed by atoms with van der Waals surface area (Å²) in [6, 6.07) is 3.77. The molecule has 0 aliphatic heterocycles. The van der Waals surface area contributed by atoms with Crippen molar-refractivity contribution >= 4 is 22.5 Å². The lowest BCUT2D eigenvalue weighted by atomic mass is 10.1. The molecule has 0 spiro atoms. The van der Waals surface area contributed by atoms with Crippen LogP contribution in [-0.2, 0) is 0 Å². The Labute approximate surface area is 113 Å². The standard InChI is InChI=1S/C14H18N2OS/c1-10(2)8-13(16-11(3)18-5)12-6-7-14(17-4)15-9-12/h6-9H,1H2,2-5H3/b13-8-,16-11?. The van der Waals surface area contributed by atoms with Crippen LogP contribution in [0.5, 0.6) is 5.88 Å². The van der Waals surface area contributed by atoms with E-state index < -0.39 is 0 Å². The number of pyridine rings is 1. The molecule has 1 aromatic rings. The van der Waals surface area contributed by atoms with Gasteiger partial charge in [-0.3, -0.25) is 0 Å². The van der Waals surface area contributed by atoms with Gasteiger partial charge < -0.3 is 4.74 Å². The van der Waals surface area contributed by atoms with E-state index >= 15 is 0 Å². The number of nitrogens with zero attached hydrogens (tertiary/aromatic N) is 2. The number of methoxy groups -OCH3 is 1. The molecule has 18 heavy (non-hydrogen) atoms. The third-order valence-corrected chi connectivity index (χ3v) is 2.88. The van der Waals surface area contributed by atoms with E-state index in [0.717, 1.165) is 21.9 Å². The highest BCUT2D eigenvalue weighted by Gasteiger charge is 2.02. The Morgan fingerprint density at radius 2 is 2.17 bits per heavy atom. The van der Waals surface area contributed by atoms with Gasteiger partial charge in [0.15, 0.2) is 0 Å². The number of hydrogen-bond donors (Lipinski definition) is 0. The molecule has 0 saturated heterocycles. The first-order valence-corrected chi connectivity index (χ1v) is 6.76. The smallest absolute Gasteiger partial charge is 0.212 e. The number of thioether (sulfide) groups is 1. The van der Waals surface area contributed by atoms with Crippen LogP contribution in [0, 0.1) is 0 Å². The van der Waals surface area contributed by atoms with E-state index in [1.165, 1.54) is 0 Å². The predicted octanol–water partition coefficient (Wildman–Crippen LogP) is 3.79. The molecule has 0 aromatic carbocycles. The normalized spacial score (nSPS) is 12.4. The zero-order valence-corrected chi connectivity index (χ0v) is 12.0. The highest BCUT2D eigenvalue weighted by molar-refractivity contribution is 8.13. The van der Waals surface area contributed by atoms with Gasteiger partial charge in [0, 0.05) is 17.8 Å². The second-order valence-electron chi connectivity index (χ2n) is 3.80. The van der Waals surface area contributed by atoms with Gasteiger partial charge in [-0.15, -0.1) is 11.8 Å². The molecule has 1 aromatic heterocycles. The minimum atomic E-state index is 0.596. The molecule has 0 atom stereocenters. The SMILES string of the molecule is C=C(C)/C=C(\N=C(C)SC)c1ccc(OC)nc1. The Kier molecular flexibility index (Phi) is 5.65. The molecule has 1 rings (SSSR count). The molecule has 96 valence electrons. The fourth-order valence-electron chi connectivity index (χ4n) is 1.28. The van der Waals surface area contributed by atoms with E-state index in [9.17, 15) is 0 Å². The van der Waals surface area contributed by atoms with Crippen molar-refractivity contribution in [3.8, 4) is 5.88 Å². The van der Waals surface area contributed by atoms with E-state index in [0.29, 0.717) is 5.88 Å². The highest BCUT2D eigenvalue weighted by atomic mass is 32.2. The molecule has 0 radical (unpaired) electrons. The summed E-state index contributed by atoms with van der Waals surface area (Å²) in [5, 5.41) is 0.998. The van der Waals surface area contributed by atoms with Crippen molar-refractivity contribution in [3.05, 3.63) is 42.1 Å². The van der Waals surface area contributed by atoms with Crippen LogP contribution in [0.25, 0.3) is 5.70 Å². The number of aliphatic imine (C=N–C) groups is 1. The molecule has 0 aliphatic rings. The van der Waals surface area contributed by atoms with Crippen LogP contribution in [0.4, 0.5) is 0 Å². The first-order chi connectivity index (χ1) is 8.56. The Bertz CT molecular complexity index is 475. The Hall–Kier alpha value is -1.55. The minimum Gasteiger partial charge on any atom is -0.481 e. The van der Waals surface area contributed by atoms with Gasteiger partial charge in [0.25, 0.3) is 0 Å². The summed E-state index contributed by atoms with van der Waals surface area (Å²) in [6.45, 7) is 7.82. The van der Waals surface area contributed by atoms with Gasteiger partial charge in [0.1, 0.15) is 0 Å². The number of aromatic nitrogens is 1. The summed E-state index contributed by atoms with van der Waals surface area (Å²) in [7, 11) is 1.60. The Morgan fingerprint density at radius 1 is 1.44 bits per heavy atom. The average Bonchev–Trinajstić information content (AvgIpc) is 2.37. The lowest BCUT2D eigenvalue weighted by molar-refractivity contribution is 0.398. The molecule has 0 unspecified atom stereocenters. The largest absolute Gasteiger partial charge is 0.481 e. The van der Waals surface area contributed by atoms with Gasteiger partial charge in [-0.25, -0.2) is 9.98 Å². The van der Waals surface area contributed by atoms with Crippen LogP contribution in [-0.4, -0.2) is 23.4 Å². The Balaban J connectivity index is 3.14. The van der Waals surface area contributed by atoms with Crippen LogP contribution in [0.1, 0.15) is 19.4 Å². The molecule has 0 bridgehead atoms. The molecule has 0 fully saturated rings. The first kappa shape index (κ1) is 14.5. The van der Waals surface area contributed by atoms with Gasteiger partial charge in [0.05, 0.1) is 17.9 Å². The molecule has 1 heterocycles. The van der Waals surface area contributed by atoms with Crippen molar-refractivity contribution in [2.24, 2.45) is 4.99 Å². The summed E-state index contributed by atoms with van der Waals surface area (Å²) in [6.07, 6.45) is 5.71. The summed E-state index contributed by atoms with van der Waals surface area (Å²) in [4.78, 5) is 8.75. The first-order valence-electron chi connectivity index (χ1n) is 5.53. The highest BCUT2D eigenvalue weighted by Crippen LogP contribution is 2.20. The molecule has 0 amide bonds. The van der Waals surface area contributed by atoms with Gasteiger partial charge in [-0.05, 0) is 32.2 Å².